The predicted molar refractivity (Wildman–Crippen MR) is 117 cm³/mol. The van der Waals surface area contributed by atoms with Gasteiger partial charge in [-0.25, -0.2) is 9.97 Å². The molecule has 6 nitrogen and oxygen atoms in total. The summed E-state index contributed by atoms with van der Waals surface area (Å²) in [5.41, 5.74) is 1.51. The molecule has 2 saturated heterocycles. The maximum Gasteiger partial charge on any atom is 0.146 e. The minimum atomic E-state index is 0.449. The van der Waals surface area contributed by atoms with Crippen LogP contribution in [-0.4, -0.2) is 60.4 Å². The maximum atomic E-state index is 5.60. The van der Waals surface area contributed by atoms with E-state index in [9.17, 15) is 0 Å². The summed E-state index contributed by atoms with van der Waals surface area (Å²) in [5, 5.41) is 5.20. The van der Waals surface area contributed by atoms with E-state index in [-0.39, 0.29) is 0 Å². The minimum Gasteiger partial charge on any atom is -0.381 e. The number of aromatic nitrogens is 2. The maximum absolute atomic E-state index is 5.60. The lowest BCUT2D eigenvalue weighted by Crippen LogP contribution is -2.36. The van der Waals surface area contributed by atoms with Crippen molar-refractivity contribution in [1.82, 2.24) is 14.9 Å². The molecular weight excluding hydrogens is 384 g/mol. The average Bonchev–Trinajstić information content (AvgIpc) is 3.34. The van der Waals surface area contributed by atoms with Gasteiger partial charge >= 0.3 is 0 Å². The monoisotopic (exact) mass is 416 g/mol. The summed E-state index contributed by atoms with van der Waals surface area (Å²) in [4.78, 5) is 15.2. The van der Waals surface area contributed by atoms with Crippen molar-refractivity contribution >= 4 is 27.4 Å². The van der Waals surface area contributed by atoms with Crippen molar-refractivity contribution in [3.05, 3.63) is 16.3 Å². The third-order valence-corrected chi connectivity index (χ3v) is 7.86. The fourth-order valence-corrected chi connectivity index (χ4v) is 6.30. The van der Waals surface area contributed by atoms with Gasteiger partial charge < -0.3 is 14.8 Å². The predicted octanol–water partition coefficient (Wildman–Crippen LogP) is 3.63. The van der Waals surface area contributed by atoms with Gasteiger partial charge in [0, 0.05) is 37.2 Å². The quantitative estimate of drug-likeness (QED) is 0.776. The summed E-state index contributed by atoms with van der Waals surface area (Å²) in [7, 11) is 0. The zero-order chi connectivity index (χ0) is 19.6. The third kappa shape index (κ3) is 4.15. The molecule has 2 aromatic rings. The summed E-state index contributed by atoms with van der Waals surface area (Å²) in [6.07, 6.45) is 7.03. The van der Waals surface area contributed by atoms with Gasteiger partial charge in [0.2, 0.25) is 0 Å². The molecule has 5 rings (SSSR count). The van der Waals surface area contributed by atoms with E-state index < -0.39 is 0 Å². The molecule has 2 aromatic heterocycles. The van der Waals surface area contributed by atoms with Crippen LogP contribution in [0.4, 0.5) is 5.82 Å². The summed E-state index contributed by atoms with van der Waals surface area (Å²) in [5.74, 6) is 2.69. The molecule has 4 heterocycles. The SMILES string of the molecule is CCC(Nc1nc(CN2CCOCC2)nc2sc3c(c12)CCC3)C1CCOCC1. The van der Waals surface area contributed by atoms with Crippen LogP contribution >= 0.6 is 11.3 Å². The number of thiophene rings is 1. The molecule has 0 amide bonds. The summed E-state index contributed by atoms with van der Waals surface area (Å²) in [6, 6.07) is 0.449. The number of hydrogen-bond acceptors (Lipinski definition) is 7. The van der Waals surface area contributed by atoms with Gasteiger partial charge in [-0.2, -0.15) is 0 Å². The Labute approximate surface area is 177 Å². The summed E-state index contributed by atoms with van der Waals surface area (Å²) >= 11 is 1.89. The van der Waals surface area contributed by atoms with E-state index in [1.807, 2.05) is 11.3 Å². The van der Waals surface area contributed by atoms with Crippen molar-refractivity contribution < 1.29 is 9.47 Å². The third-order valence-electron chi connectivity index (χ3n) is 6.68. The Kier molecular flexibility index (Phi) is 5.99. The second-order valence-corrected chi connectivity index (χ2v) is 9.61. The van der Waals surface area contributed by atoms with Gasteiger partial charge in [0.15, 0.2) is 0 Å². The Morgan fingerprint density at radius 1 is 1.10 bits per heavy atom. The molecule has 1 N–H and O–H groups in total. The first-order valence-electron chi connectivity index (χ1n) is 11.3. The van der Waals surface area contributed by atoms with Crippen LogP contribution in [0.1, 0.15) is 48.9 Å². The highest BCUT2D eigenvalue weighted by Crippen LogP contribution is 2.40. The molecule has 2 fully saturated rings. The highest BCUT2D eigenvalue weighted by molar-refractivity contribution is 7.19. The second kappa shape index (κ2) is 8.84. The van der Waals surface area contributed by atoms with Crippen LogP contribution in [0.2, 0.25) is 0 Å². The normalized spacial score (nSPS) is 22.1. The number of morpholine rings is 1. The van der Waals surface area contributed by atoms with E-state index >= 15 is 0 Å². The van der Waals surface area contributed by atoms with Crippen molar-refractivity contribution in [1.29, 1.82) is 0 Å². The number of ether oxygens (including phenoxy) is 2. The highest BCUT2D eigenvalue weighted by Gasteiger charge is 2.27. The van der Waals surface area contributed by atoms with Gasteiger partial charge in [0.25, 0.3) is 0 Å². The van der Waals surface area contributed by atoms with Gasteiger partial charge in [0.1, 0.15) is 16.5 Å². The van der Waals surface area contributed by atoms with Gasteiger partial charge in [0.05, 0.1) is 25.1 Å². The molecule has 29 heavy (non-hydrogen) atoms. The first-order valence-corrected chi connectivity index (χ1v) is 12.1. The van der Waals surface area contributed by atoms with Crippen LogP contribution in [0.3, 0.4) is 0 Å². The van der Waals surface area contributed by atoms with Gasteiger partial charge in [-0.05, 0) is 50.0 Å². The van der Waals surface area contributed by atoms with Gasteiger partial charge in [-0.1, -0.05) is 6.92 Å². The van der Waals surface area contributed by atoms with E-state index in [0.29, 0.717) is 12.0 Å². The fraction of sp³-hybridized carbons (Fsp3) is 0.727. The van der Waals surface area contributed by atoms with Crippen molar-refractivity contribution in [2.75, 3.05) is 44.8 Å². The molecule has 0 radical (unpaired) electrons. The molecule has 3 aliphatic rings. The molecule has 158 valence electrons. The number of nitrogens with one attached hydrogen (secondary N) is 1. The van der Waals surface area contributed by atoms with E-state index in [1.54, 1.807) is 0 Å². The Bertz CT molecular complexity index is 843. The number of nitrogens with zero attached hydrogens (tertiary/aromatic N) is 3. The Morgan fingerprint density at radius 2 is 1.90 bits per heavy atom. The molecule has 0 aromatic carbocycles. The van der Waals surface area contributed by atoms with Crippen LogP contribution in [0.15, 0.2) is 0 Å². The number of fused-ring (bicyclic) bond motifs is 3. The summed E-state index contributed by atoms with van der Waals surface area (Å²) in [6.45, 7) is 8.42. The van der Waals surface area contributed by atoms with Crippen LogP contribution in [0.5, 0.6) is 0 Å². The lowest BCUT2D eigenvalue weighted by atomic mass is 9.90. The average molecular weight is 417 g/mol. The zero-order valence-electron chi connectivity index (χ0n) is 17.4. The van der Waals surface area contributed by atoms with E-state index in [0.717, 1.165) is 77.0 Å². The molecular formula is C22H32N4O2S. The molecule has 7 heteroatoms. The molecule has 1 atom stereocenters. The van der Waals surface area contributed by atoms with Gasteiger partial charge in [-0.15, -0.1) is 11.3 Å². The number of anilines is 1. The Hall–Kier alpha value is -1.28. The smallest absolute Gasteiger partial charge is 0.146 e. The standard InChI is InChI=1S/C22H32N4O2S/c1-2-17(15-6-10-27-11-7-15)23-21-20-16-4-3-5-18(16)29-22(20)25-19(24-21)14-26-8-12-28-13-9-26/h15,17H,2-14H2,1H3,(H,23,24,25). The van der Waals surface area contributed by atoms with E-state index in [1.165, 1.54) is 39.9 Å². The first-order chi connectivity index (χ1) is 14.3. The molecule has 0 bridgehead atoms. The zero-order valence-corrected chi connectivity index (χ0v) is 18.2. The topological polar surface area (TPSA) is 59.5 Å². The largest absolute Gasteiger partial charge is 0.381 e. The highest BCUT2D eigenvalue weighted by atomic mass is 32.1. The van der Waals surface area contributed by atoms with Crippen molar-refractivity contribution in [2.24, 2.45) is 5.92 Å². The lowest BCUT2D eigenvalue weighted by molar-refractivity contribution is 0.0331. The van der Waals surface area contributed by atoms with E-state index in [4.69, 9.17) is 19.4 Å². The second-order valence-electron chi connectivity index (χ2n) is 8.52. The van der Waals surface area contributed by atoms with Crippen molar-refractivity contribution in [2.45, 2.75) is 58.0 Å². The van der Waals surface area contributed by atoms with Gasteiger partial charge in [-0.3, -0.25) is 4.90 Å². The molecule has 2 aliphatic heterocycles. The van der Waals surface area contributed by atoms with Crippen molar-refractivity contribution in [3.8, 4) is 0 Å². The number of rotatable bonds is 6. The first kappa shape index (κ1) is 19.7. The summed E-state index contributed by atoms with van der Waals surface area (Å²) < 4.78 is 11.1. The number of hydrogen-bond donors (Lipinski definition) is 1. The Morgan fingerprint density at radius 3 is 2.69 bits per heavy atom. The minimum absolute atomic E-state index is 0.449. The van der Waals surface area contributed by atoms with Crippen LogP contribution in [0, 0.1) is 5.92 Å². The molecule has 1 aliphatic carbocycles. The van der Waals surface area contributed by atoms with Crippen LogP contribution in [-0.2, 0) is 28.9 Å². The lowest BCUT2D eigenvalue weighted by Gasteiger charge is -2.31. The molecule has 1 unspecified atom stereocenters. The van der Waals surface area contributed by atoms with E-state index in [2.05, 4.69) is 17.1 Å². The van der Waals surface area contributed by atoms with Crippen molar-refractivity contribution in [3.63, 3.8) is 0 Å². The fourth-order valence-electron chi connectivity index (χ4n) is 5.02. The Balaban J connectivity index is 1.47. The van der Waals surface area contributed by atoms with Crippen LogP contribution < -0.4 is 5.32 Å². The molecule has 0 saturated carbocycles. The van der Waals surface area contributed by atoms with Crippen LogP contribution in [0.25, 0.3) is 10.2 Å². The molecule has 0 spiro atoms. The number of aryl methyl sites for hydroxylation is 2.